The maximum absolute atomic E-state index is 12.3. The van der Waals surface area contributed by atoms with Gasteiger partial charge in [0.05, 0.1) is 6.61 Å². The van der Waals surface area contributed by atoms with Crippen molar-refractivity contribution in [2.75, 3.05) is 6.61 Å². The van der Waals surface area contributed by atoms with Gasteiger partial charge in [-0.3, -0.25) is 0 Å². The van der Waals surface area contributed by atoms with E-state index in [9.17, 15) is 8.78 Å². The minimum atomic E-state index is -0.530. The molecule has 1 atom stereocenters. The van der Waals surface area contributed by atoms with Gasteiger partial charge in [0, 0.05) is 6.07 Å². The lowest BCUT2D eigenvalue weighted by molar-refractivity contribution is 0.317. The lowest BCUT2D eigenvalue weighted by Gasteiger charge is -2.27. The molecule has 0 radical (unpaired) electrons. The zero-order chi connectivity index (χ0) is 22.2. The van der Waals surface area contributed by atoms with Gasteiger partial charge in [-0.1, -0.05) is 56.0 Å². The first-order valence-electron chi connectivity index (χ1n) is 10.9. The molecule has 1 unspecified atom stereocenters. The number of hydrogen-bond donors (Lipinski definition) is 0. The Morgan fingerprint density at radius 2 is 1.74 bits per heavy atom. The monoisotopic (exact) mass is 420 g/mol. The molecule has 0 fully saturated rings. The molecule has 0 aromatic heterocycles. The maximum atomic E-state index is 12.3. The lowest BCUT2D eigenvalue weighted by Crippen LogP contribution is -2.14. The van der Waals surface area contributed by atoms with Crippen LogP contribution in [0.25, 0.3) is 5.57 Å². The standard InChI is InChI=1S/C21H24O.C7H6F2/c1-3-14-22-20-12-8-17(9-13-20)15-19-11-10-18-6-4-5-7-21(18)16(19)2;1-5-2-3-6(8)4-7(5)9/h4-9,12-13,19H,2-3,10-11,14-15H2,1H3;2-4H,1H3. The minimum Gasteiger partial charge on any atom is -0.494 e. The van der Waals surface area contributed by atoms with Crippen LogP contribution in [0.15, 0.2) is 73.3 Å². The third-order valence-corrected chi connectivity index (χ3v) is 5.63. The van der Waals surface area contributed by atoms with Gasteiger partial charge in [0.25, 0.3) is 0 Å². The van der Waals surface area contributed by atoms with Crippen molar-refractivity contribution in [1.82, 2.24) is 0 Å². The Balaban J connectivity index is 0.000000254. The second kappa shape index (κ2) is 10.9. The van der Waals surface area contributed by atoms with Crippen LogP contribution in [0.1, 0.15) is 42.0 Å². The normalized spacial score (nSPS) is 15.0. The molecule has 1 aliphatic carbocycles. The molecule has 1 aliphatic rings. The fourth-order valence-corrected chi connectivity index (χ4v) is 3.79. The number of benzene rings is 3. The highest BCUT2D eigenvalue weighted by molar-refractivity contribution is 5.70. The van der Waals surface area contributed by atoms with Crippen LogP contribution >= 0.6 is 0 Å². The molecule has 0 N–H and O–H groups in total. The molecule has 3 aromatic carbocycles. The van der Waals surface area contributed by atoms with Crippen molar-refractivity contribution in [2.24, 2.45) is 5.92 Å². The molecule has 0 bridgehead atoms. The van der Waals surface area contributed by atoms with Crippen molar-refractivity contribution < 1.29 is 13.5 Å². The van der Waals surface area contributed by atoms with Crippen molar-refractivity contribution in [1.29, 1.82) is 0 Å². The van der Waals surface area contributed by atoms with E-state index < -0.39 is 11.6 Å². The van der Waals surface area contributed by atoms with Gasteiger partial charge in [-0.05, 0) is 84.6 Å². The summed E-state index contributed by atoms with van der Waals surface area (Å²) in [5.41, 5.74) is 5.95. The summed E-state index contributed by atoms with van der Waals surface area (Å²) in [5.74, 6) is 0.504. The van der Waals surface area contributed by atoms with Gasteiger partial charge < -0.3 is 4.74 Å². The van der Waals surface area contributed by atoms with Crippen LogP contribution in [-0.2, 0) is 12.8 Å². The van der Waals surface area contributed by atoms with Crippen LogP contribution in [0.5, 0.6) is 5.75 Å². The van der Waals surface area contributed by atoms with E-state index in [1.165, 1.54) is 40.8 Å². The van der Waals surface area contributed by atoms with Gasteiger partial charge >= 0.3 is 0 Å². The van der Waals surface area contributed by atoms with Gasteiger partial charge in [0.1, 0.15) is 17.4 Å². The number of rotatable bonds is 5. The van der Waals surface area contributed by atoms with Crippen LogP contribution in [0.3, 0.4) is 0 Å². The Bertz CT molecular complexity index is 1010. The van der Waals surface area contributed by atoms with Crippen LogP contribution in [0.2, 0.25) is 0 Å². The molecule has 0 spiro atoms. The van der Waals surface area contributed by atoms with E-state index in [2.05, 4.69) is 62.0 Å². The predicted octanol–water partition coefficient (Wildman–Crippen LogP) is 7.57. The van der Waals surface area contributed by atoms with Crippen LogP contribution in [0, 0.1) is 24.5 Å². The third-order valence-electron chi connectivity index (χ3n) is 5.63. The molecular weight excluding hydrogens is 390 g/mol. The van der Waals surface area contributed by atoms with Crippen LogP contribution in [0.4, 0.5) is 8.78 Å². The highest BCUT2D eigenvalue weighted by Gasteiger charge is 2.22. The topological polar surface area (TPSA) is 9.23 Å². The molecule has 3 aromatic rings. The molecule has 0 saturated heterocycles. The fourth-order valence-electron chi connectivity index (χ4n) is 3.79. The summed E-state index contributed by atoms with van der Waals surface area (Å²) in [6.45, 7) is 8.87. The second-order valence-corrected chi connectivity index (χ2v) is 8.01. The summed E-state index contributed by atoms with van der Waals surface area (Å²) >= 11 is 0. The lowest BCUT2D eigenvalue weighted by atomic mass is 9.77. The third kappa shape index (κ3) is 6.27. The molecule has 0 aliphatic heterocycles. The van der Waals surface area contributed by atoms with E-state index in [1.807, 2.05) is 0 Å². The maximum Gasteiger partial charge on any atom is 0.129 e. The number of aryl methyl sites for hydroxylation is 2. The molecule has 0 amide bonds. The van der Waals surface area contributed by atoms with Gasteiger partial charge in [0.2, 0.25) is 0 Å². The Morgan fingerprint density at radius 1 is 1.00 bits per heavy atom. The van der Waals surface area contributed by atoms with Gasteiger partial charge in [-0.2, -0.15) is 0 Å². The summed E-state index contributed by atoms with van der Waals surface area (Å²) in [6, 6.07) is 20.8. The van der Waals surface area contributed by atoms with Gasteiger partial charge in [-0.25, -0.2) is 8.78 Å². The smallest absolute Gasteiger partial charge is 0.129 e. The van der Waals surface area contributed by atoms with Crippen LogP contribution < -0.4 is 4.74 Å². The quantitative estimate of drug-likeness (QED) is 0.414. The summed E-state index contributed by atoms with van der Waals surface area (Å²) < 4.78 is 30.1. The second-order valence-electron chi connectivity index (χ2n) is 8.01. The Hall–Kier alpha value is -2.94. The Kier molecular flexibility index (Phi) is 8.00. The fraction of sp³-hybridized carbons (Fsp3) is 0.286. The molecule has 3 heteroatoms. The van der Waals surface area contributed by atoms with Gasteiger partial charge in [0.15, 0.2) is 0 Å². The number of allylic oxidation sites excluding steroid dienone is 1. The van der Waals surface area contributed by atoms with Crippen molar-refractivity contribution in [3.8, 4) is 5.75 Å². The molecule has 162 valence electrons. The zero-order valence-corrected chi connectivity index (χ0v) is 18.3. The molecule has 31 heavy (non-hydrogen) atoms. The summed E-state index contributed by atoms with van der Waals surface area (Å²) in [5, 5.41) is 0. The Morgan fingerprint density at radius 3 is 2.42 bits per heavy atom. The summed E-state index contributed by atoms with van der Waals surface area (Å²) in [7, 11) is 0. The van der Waals surface area contributed by atoms with E-state index in [0.29, 0.717) is 11.5 Å². The highest BCUT2D eigenvalue weighted by Crippen LogP contribution is 2.36. The molecule has 4 rings (SSSR count). The SMILES string of the molecule is C=C1c2ccccc2CCC1Cc1ccc(OCCC)cc1.Cc1ccc(F)cc1F. The number of hydrogen-bond acceptors (Lipinski definition) is 1. The molecular formula is C28H30F2O. The Labute approximate surface area is 184 Å². The van der Waals surface area contributed by atoms with Gasteiger partial charge in [-0.15, -0.1) is 0 Å². The van der Waals surface area contributed by atoms with E-state index >= 15 is 0 Å². The first-order valence-corrected chi connectivity index (χ1v) is 10.9. The van der Waals surface area contributed by atoms with E-state index in [4.69, 9.17) is 4.74 Å². The average Bonchev–Trinajstić information content (AvgIpc) is 2.78. The van der Waals surface area contributed by atoms with Crippen molar-refractivity contribution >= 4 is 5.57 Å². The first-order chi connectivity index (χ1) is 15.0. The van der Waals surface area contributed by atoms with Crippen molar-refractivity contribution in [3.63, 3.8) is 0 Å². The highest BCUT2D eigenvalue weighted by atomic mass is 19.1. The zero-order valence-electron chi connectivity index (χ0n) is 18.3. The van der Waals surface area contributed by atoms with E-state index in [0.717, 1.165) is 37.7 Å². The summed E-state index contributed by atoms with van der Waals surface area (Å²) in [6.07, 6.45) is 4.48. The van der Waals surface area contributed by atoms with Crippen LogP contribution in [-0.4, -0.2) is 6.61 Å². The van der Waals surface area contributed by atoms with E-state index in [-0.39, 0.29) is 0 Å². The predicted molar refractivity (Wildman–Crippen MR) is 124 cm³/mol. The minimum absolute atomic E-state index is 0.469. The number of ether oxygens (including phenoxy) is 1. The molecule has 0 saturated carbocycles. The summed E-state index contributed by atoms with van der Waals surface area (Å²) in [4.78, 5) is 0. The van der Waals surface area contributed by atoms with Crippen molar-refractivity contribution in [2.45, 2.75) is 39.5 Å². The average molecular weight is 421 g/mol. The van der Waals surface area contributed by atoms with Crippen molar-refractivity contribution in [3.05, 3.63) is 107 Å². The molecule has 0 heterocycles. The van der Waals surface area contributed by atoms with E-state index in [1.54, 1.807) is 6.92 Å². The first kappa shape index (κ1) is 22.7. The number of fused-ring (bicyclic) bond motifs is 1. The molecule has 1 nitrogen and oxygen atoms in total. The number of halogens is 2. The largest absolute Gasteiger partial charge is 0.494 e.